The molecule has 0 aliphatic carbocycles. The van der Waals surface area contributed by atoms with Crippen LogP contribution in [0.3, 0.4) is 0 Å². The molecule has 0 saturated carbocycles. The molecule has 0 atom stereocenters. The quantitative estimate of drug-likeness (QED) is 0.125. The van der Waals surface area contributed by atoms with Gasteiger partial charge < -0.3 is 10.6 Å². The molecule has 0 fully saturated rings. The number of hydrogen-bond donors (Lipinski definition) is 4. The molecule has 2 aromatic heterocycles. The van der Waals surface area contributed by atoms with Gasteiger partial charge in [-0.3, -0.25) is 0 Å². The summed E-state index contributed by atoms with van der Waals surface area (Å²) in [5.74, 6) is 3.39. The number of nitrogens with two attached hydrogens (primary N) is 2. The largest absolute Gasteiger partial charge is 0.324 e. The number of sulfonamides is 2. The fourth-order valence-electron chi connectivity index (χ4n) is 3.96. The van der Waals surface area contributed by atoms with Gasteiger partial charge in [-0.05, 0) is 84.9 Å². The number of primary sulfonamides is 2. The lowest BCUT2D eigenvalue weighted by Crippen LogP contribution is -2.11. The van der Waals surface area contributed by atoms with E-state index in [2.05, 4.69) is 52.4 Å². The van der Waals surface area contributed by atoms with Crippen LogP contribution in [0.4, 0.5) is 23.3 Å². The first-order valence-corrected chi connectivity index (χ1v) is 16.7. The van der Waals surface area contributed by atoms with Crippen molar-refractivity contribution in [3.8, 4) is 12.3 Å². The third kappa shape index (κ3) is 11.0. The van der Waals surface area contributed by atoms with Gasteiger partial charge in [0.2, 0.25) is 31.9 Å². The maximum Gasteiger partial charge on any atom is 0.238 e. The molecule has 0 aliphatic rings. The maximum absolute atomic E-state index is 11.2. The highest BCUT2D eigenvalue weighted by Crippen LogP contribution is 2.22. The number of fused-ring (bicyclic) bond motifs is 2. The molecule has 0 radical (unpaired) electrons. The summed E-state index contributed by atoms with van der Waals surface area (Å²) < 4.78 is 45.8. The number of terminal acetylenes is 1. The molecule has 0 unspecified atom stereocenters. The Morgan fingerprint density at radius 1 is 0.612 bits per heavy atom. The molecular formula is C34H39BrN8O4S2. The molecule has 15 heteroatoms. The zero-order valence-electron chi connectivity index (χ0n) is 23.1. The number of hydrogen-bond acceptors (Lipinski definition) is 10. The molecule has 2 heterocycles. The van der Waals surface area contributed by atoms with Crippen LogP contribution in [0, 0.1) is 12.3 Å². The Labute approximate surface area is 296 Å². The van der Waals surface area contributed by atoms with E-state index in [1.165, 1.54) is 24.3 Å². The predicted molar refractivity (Wildman–Crippen MR) is 204 cm³/mol. The highest BCUT2D eigenvalue weighted by Gasteiger charge is 2.09. The van der Waals surface area contributed by atoms with Crippen LogP contribution in [0.1, 0.15) is 35.3 Å². The number of halogens is 1. The van der Waals surface area contributed by atoms with Gasteiger partial charge >= 0.3 is 0 Å². The Morgan fingerprint density at radius 2 is 1.02 bits per heavy atom. The van der Waals surface area contributed by atoms with Gasteiger partial charge in [0, 0.05) is 44.6 Å². The van der Waals surface area contributed by atoms with E-state index in [0.717, 1.165) is 31.8 Å². The summed E-state index contributed by atoms with van der Waals surface area (Å²) in [6.07, 6.45) is 8.75. The van der Waals surface area contributed by atoms with Gasteiger partial charge in [0.1, 0.15) is 0 Å². The smallest absolute Gasteiger partial charge is 0.238 e. The van der Waals surface area contributed by atoms with E-state index in [4.69, 9.17) is 16.7 Å². The zero-order chi connectivity index (χ0) is 32.2. The van der Waals surface area contributed by atoms with Crippen LogP contribution in [-0.4, -0.2) is 36.8 Å². The van der Waals surface area contributed by atoms with Gasteiger partial charge in [0.15, 0.2) is 0 Å². The first kappa shape index (κ1) is 42.0. The molecule has 0 bridgehead atoms. The molecular weight excluding hydrogens is 728 g/mol. The van der Waals surface area contributed by atoms with Gasteiger partial charge in [0.25, 0.3) is 0 Å². The maximum atomic E-state index is 11.2. The summed E-state index contributed by atoms with van der Waals surface area (Å²) in [5, 5.41) is 17.9. The van der Waals surface area contributed by atoms with Crippen LogP contribution >= 0.6 is 15.9 Å². The van der Waals surface area contributed by atoms with Gasteiger partial charge in [-0.25, -0.2) is 47.0 Å². The molecule has 0 saturated heterocycles. The molecule has 6 rings (SSSR count). The lowest BCUT2D eigenvalue weighted by Gasteiger charge is -2.06. The number of rotatable bonds is 6. The molecule has 49 heavy (non-hydrogen) atoms. The van der Waals surface area contributed by atoms with E-state index in [1.807, 2.05) is 30.3 Å². The molecule has 0 amide bonds. The van der Waals surface area contributed by atoms with Gasteiger partial charge in [0.05, 0.1) is 20.8 Å². The van der Waals surface area contributed by atoms with Gasteiger partial charge in [-0.1, -0.05) is 51.6 Å². The number of nitrogens with zero attached hydrogens (tertiary/aromatic N) is 4. The van der Waals surface area contributed by atoms with Gasteiger partial charge in [-0.2, -0.15) is 0 Å². The topological polar surface area (TPSA) is 196 Å². The molecule has 0 spiro atoms. The highest BCUT2D eigenvalue weighted by atomic mass is 79.9. The van der Waals surface area contributed by atoms with E-state index >= 15 is 0 Å². The summed E-state index contributed by atoms with van der Waals surface area (Å²) in [6, 6.07) is 23.3. The van der Waals surface area contributed by atoms with Crippen molar-refractivity contribution in [2.24, 2.45) is 10.3 Å². The number of aromatic nitrogens is 4. The highest BCUT2D eigenvalue weighted by molar-refractivity contribution is 9.10. The minimum atomic E-state index is -3.70. The molecule has 6 aromatic rings. The van der Waals surface area contributed by atoms with Gasteiger partial charge in [-0.15, -0.1) is 6.42 Å². The molecule has 4 aromatic carbocycles. The van der Waals surface area contributed by atoms with Crippen LogP contribution in [0.2, 0.25) is 0 Å². The zero-order valence-corrected chi connectivity index (χ0v) is 26.3. The second-order valence-electron chi connectivity index (χ2n) is 9.40. The van der Waals surface area contributed by atoms with E-state index in [1.54, 1.807) is 42.7 Å². The first-order valence-electron chi connectivity index (χ1n) is 12.8. The van der Waals surface area contributed by atoms with Crippen molar-refractivity contribution in [2.45, 2.75) is 39.5 Å². The fourth-order valence-corrected chi connectivity index (χ4v) is 5.37. The van der Waals surface area contributed by atoms with Crippen molar-refractivity contribution in [3.05, 3.63) is 107 Å². The molecule has 12 nitrogen and oxygen atoms in total. The normalized spacial score (nSPS) is 10.4. The Kier molecular flexibility index (Phi) is 15.0. The van der Waals surface area contributed by atoms with Crippen molar-refractivity contribution in [2.75, 3.05) is 10.6 Å². The predicted octanol–water partition coefficient (Wildman–Crippen LogP) is 7.33. The van der Waals surface area contributed by atoms with Crippen molar-refractivity contribution in [1.82, 2.24) is 19.9 Å². The number of nitrogens with one attached hydrogen (secondary N) is 2. The molecule has 6 N–H and O–H groups in total. The Balaban J connectivity index is 0.000000453. The van der Waals surface area contributed by atoms with E-state index in [9.17, 15) is 16.8 Å². The lowest BCUT2D eigenvalue weighted by atomic mass is 10.1. The Bertz CT molecular complexity index is 2300. The summed E-state index contributed by atoms with van der Waals surface area (Å²) in [7, 11) is -7.39. The lowest BCUT2D eigenvalue weighted by molar-refractivity contribution is 0.596. The molecule has 258 valence electrons. The average Bonchev–Trinajstić information content (AvgIpc) is 3.01. The third-order valence-electron chi connectivity index (χ3n) is 6.17. The van der Waals surface area contributed by atoms with E-state index in [-0.39, 0.29) is 39.5 Å². The van der Waals surface area contributed by atoms with Crippen molar-refractivity contribution >= 4 is 81.1 Å². The second-order valence-corrected chi connectivity index (χ2v) is 13.4. The van der Waals surface area contributed by atoms with Crippen LogP contribution in [0.5, 0.6) is 0 Å². The summed E-state index contributed by atoms with van der Waals surface area (Å²) in [6.45, 7) is 0. The van der Waals surface area contributed by atoms with E-state index in [0.29, 0.717) is 23.3 Å². The van der Waals surface area contributed by atoms with Crippen LogP contribution in [0.25, 0.3) is 21.8 Å². The Morgan fingerprint density at radius 3 is 1.43 bits per heavy atom. The minimum Gasteiger partial charge on any atom is -0.324 e. The average molecular weight is 768 g/mol. The molecule has 0 aliphatic heterocycles. The van der Waals surface area contributed by atoms with Crippen LogP contribution < -0.4 is 20.9 Å². The van der Waals surface area contributed by atoms with Crippen molar-refractivity contribution < 1.29 is 16.8 Å². The Hall–Kier alpha value is -4.98. The van der Waals surface area contributed by atoms with Crippen LogP contribution in [0.15, 0.2) is 112 Å². The SMILES string of the molecule is C.C.C.C.C#Cc1ccc2nc(Nc3ccc(S(N)(=O)=O)cc3)ncc2c1.NS(=O)(=O)c1ccc(Nc2ncc3cc(Br)ccc3n2)cc1. The monoisotopic (exact) mass is 766 g/mol. The van der Waals surface area contributed by atoms with Crippen LogP contribution in [-0.2, 0) is 20.0 Å². The first-order chi connectivity index (χ1) is 21.4. The van der Waals surface area contributed by atoms with E-state index < -0.39 is 20.0 Å². The summed E-state index contributed by atoms with van der Waals surface area (Å²) in [4.78, 5) is 17.3. The summed E-state index contributed by atoms with van der Waals surface area (Å²) in [5.41, 5.74) is 3.64. The van der Waals surface area contributed by atoms with Crippen molar-refractivity contribution in [1.29, 1.82) is 0 Å². The number of anilines is 4. The minimum absolute atomic E-state index is 0. The standard InChI is InChI=1S/C16H12N4O2S.C14H11BrN4O2S.4CH4/c1-2-11-3-8-15-12(9-11)10-18-16(20-15)19-13-4-6-14(7-5-13)23(17,21)22;15-10-1-6-13-9(7-10)8-17-14(19-13)18-11-2-4-12(5-3-11)22(16,20)21;;;;/h1,3-10H,(H2,17,21,22)(H,18,19,20);1-8H,(H2,16,20,21)(H,17,18,19);4*1H4. The third-order valence-corrected chi connectivity index (χ3v) is 8.52. The fraction of sp³-hybridized carbons (Fsp3) is 0.118. The second kappa shape index (κ2) is 17.4. The van der Waals surface area contributed by atoms with Crippen molar-refractivity contribution in [3.63, 3.8) is 0 Å². The summed E-state index contributed by atoms with van der Waals surface area (Å²) >= 11 is 3.40. The number of benzene rings is 4.